The molecule has 2 aromatic carbocycles. The summed E-state index contributed by atoms with van der Waals surface area (Å²) >= 11 is 3.44. The molecule has 1 amide bonds. The van der Waals surface area contributed by atoms with Crippen LogP contribution in [0.1, 0.15) is 16.1 Å². The summed E-state index contributed by atoms with van der Waals surface area (Å²) in [5.74, 6) is -4.35. The summed E-state index contributed by atoms with van der Waals surface area (Å²) in [5, 5.41) is 38.4. The molecule has 1 aliphatic heterocycles. The number of allylic oxidation sites excluding steroid dienone is 6. The predicted molar refractivity (Wildman–Crippen MR) is 182 cm³/mol. The van der Waals surface area contributed by atoms with Crippen LogP contribution in [0.3, 0.4) is 0 Å². The average Bonchev–Trinajstić information content (AvgIpc) is 3.48. The number of anilines is 1. The first-order chi connectivity index (χ1) is 21.9. The van der Waals surface area contributed by atoms with Gasteiger partial charge in [0.15, 0.2) is 11.4 Å². The maximum Gasteiger partial charge on any atom is 0.357 e. The Hall–Kier alpha value is -4.23. The molecule has 1 aromatic heterocycles. The van der Waals surface area contributed by atoms with Crippen molar-refractivity contribution in [3.05, 3.63) is 96.8 Å². The Balaban J connectivity index is 1.54. The quantitative estimate of drug-likeness (QED) is 0.0846. The van der Waals surface area contributed by atoms with E-state index in [0.29, 0.717) is 0 Å². The van der Waals surface area contributed by atoms with Crippen LogP contribution in [0.2, 0.25) is 0 Å². The lowest BCUT2D eigenvalue weighted by molar-refractivity contribution is -0.129. The molecule has 2 heterocycles. The smallest absolute Gasteiger partial charge is 0.357 e. The molecule has 1 aliphatic rings. The molecule has 3 aromatic rings. The van der Waals surface area contributed by atoms with E-state index in [1.54, 1.807) is 45.2 Å². The zero-order chi connectivity index (χ0) is 34.8. The van der Waals surface area contributed by atoms with Crippen molar-refractivity contribution >= 4 is 101 Å². The Labute approximate surface area is 292 Å². The van der Waals surface area contributed by atoms with E-state index in [1.807, 2.05) is 0 Å². The van der Waals surface area contributed by atoms with Crippen molar-refractivity contribution in [1.82, 2.24) is 9.78 Å². The van der Waals surface area contributed by atoms with E-state index in [9.17, 15) is 55.6 Å². The SMILES string of the molecule is O=C(O)C1=NN(c2ccc(S(=O)(=O)O)cc2[131I])C(=O)\C1=C/C=C/C=C/C=C/c1c(C(=O)O)nn(-c2ccc(S(=O)(=O)O)cc2[131I])c1O. The molecule has 0 saturated heterocycles. The minimum Gasteiger partial charge on any atom is -0.493 e. The molecule has 0 spiro atoms. The number of hydrogen-bond donors (Lipinski definition) is 5. The molecular formula is C27H18I2N4O12S2. The molecule has 0 aliphatic carbocycles. The van der Waals surface area contributed by atoms with Crippen molar-refractivity contribution in [2.75, 3.05) is 5.01 Å². The summed E-state index contributed by atoms with van der Waals surface area (Å²) in [4.78, 5) is 35.7. The lowest BCUT2D eigenvalue weighted by atomic mass is 10.1. The van der Waals surface area contributed by atoms with Gasteiger partial charge in [0.25, 0.3) is 26.1 Å². The third-order valence-electron chi connectivity index (χ3n) is 6.04. The van der Waals surface area contributed by atoms with Gasteiger partial charge in [-0.1, -0.05) is 30.4 Å². The fraction of sp³-hybridized carbons (Fsp3) is 0. The van der Waals surface area contributed by atoms with Gasteiger partial charge in [-0.05, 0) is 93.7 Å². The molecule has 0 bridgehead atoms. The summed E-state index contributed by atoms with van der Waals surface area (Å²) in [6.07, 6.45) is 9.42. The van der Waals surface area contributed by atoms with Crippen LogP contribution in [0, 0.1) is 7.14 Å². The van der Waals surface area contributed by atoms with Crippen molar-refractivity contribution < 1.29 is 55.6 Å². The number of carbonyl (C=O) groups is 3. The number of carbonyl (C=O) groups excluding carboxylic acids is 1. The third-order valence-corrected chi connectivity index (χ3v) is 9.47. The topological polar surface area (TPSA) is 254 Å². The van der Waals surface area contributed by atoms with E-state index in [4.69, 9.17) is 0 Å². The lowest BCUT2D eigenvalue weighted by Crippen LogP contribution is -2.23. The van der Waals surface area contributed by atoms with E-state index in [-0.39, 0.29) is 29.7 Å². The Kier molecular flexibility index (Phi) is 10.5. The summed E-state index contributed by atoms with van der Waals surface area (Å²) < 4.78 is 65.4. The van der Waals surface area contributed by atoms with Gasteiger partial charge in [0, 0.05) is 7.14 Å². The number of aliphatic carboxylic acids is 1. The second kappa shape index (κ2) is 13.9. The van der Waals surface area contributed by atoms with Crippen LogP contribution in [-0.4, -0.2) is 74.6 Å². The first-order valence-corrected chi connectivity index (χ1v) is 17.4. The normalized spacial score (nSPS) is 15.1. The van der Waals surface area contributed by atoms with Gasteiger partial charge in [-0.15, -0.1) is 0 Å². The van der Waals surface area contributed by atoms with Crippen LogP contribution in [0.4, 0.5) is 5.69 Å². The molecule has 16 nitrogen and oxygen atoms in total. The Morgan fingerprint density at radius 2 is 1.32 bits per heavy atom. The molecule has 0 saturated carbocycles. The van der Waals surface area contributed by atoms with E-state index in [0.717, 1.165) is 34.0 Å². The first kappa shape index (κ1) is 35.6. The second-order valence-electron chi connectivity index (χ2n) is 9.06. The zero-order valence-electron chi connectivity index (χ0n) is 23.0. The molecule has 47 heavy (non-hydrogen) atoms. The Bertz CT molecular complexity index is 2220. The maximum absolute atomic E-state index is 13.0. The molecule has 20 heteroatoms. The van der Waals surface area contributed by atoms with Gasteiger partial charge in [-0.2, -0.15) is 36.7 Å². The van der Waals surface area contributed by atoms with E-state index in [2.05, 4.69) is 10.2 Å². The minimum absolute atomic E-state index is 0.0799. The van der Waals surface area contributed by atoms with Crippen molar-refractivity contribution in [3.8, 4) is 11.6 Å². The highest BCUT2D eigenvalue weighted by Crippen LogP contribution is 2.31. The summed E-state index contributed by atoms with van der Waals surface area (Å²) in [7, 11) is -9.02. The number of carboxylic acids is 2. The monoisotopic (exact) mass is 916 g/mol. The molecule has 4 rings (SSSR count). The summed E-state index contributed by atoms with van der Waals surface area (Å²) in [6.45, 7) is 0. The fourth-order valence-corrected chi connectivity index (χ4v) is 6.85. The highest BCUT2D eigenvalue weighted by Gasteiger charge is 2.35. The number of nitrogens with zero attached hydrogens (tertiary/aromatic N) is 4. The molecule has 0 atom stereocenters. The van der Waals surface area contributed by atoms with Crippen molar-refractivity contribution in [2.45, 2.75) is 9.79 Å². The third kappa shape index (κ3) is 7.84. The minimum atomic E-state index is -4.51. The number of hydrogen-bond acceptors (Lipinski definition) is 10. The zero-order valence-corrected chi connectivity index (χ0v) is 28.9. The highest BCUT2D eigenvalue weighted by molar-refractivity contribution is 14.1. The lowest BCUT2D eigenvalue weighted by Gasteiger charge is -2.14. The number of benzene rings is 2. The van der Waals surface area contributed by atoms with Crippen LogP contribution in [-0.2, 0) is 29.8 Å². The molecule has 0 fully saturated rings. The van der Waals surface area contributed by atoms with Crippen molar-refractivity contribution in [3.63, 3.8) is 0 Å². The van der Waals surface area contributed by atoms with E-state index >= 15 is 0 Å². The molecule has 0 unspecified atom stereocenters. The number of amides is 1. The molecular weight excluding hydrogens is 898 g/mol. The van der Waals surface area contributed by atoms with Gasteiger partial charge in [-0.25, -0.2) is 9.59 Å². The van der Waals surface area contributed by atoms with Crippen LogP contribution in [0.15, 0.2) is 93.3 Å². The molecule has 0 radical (unpaired) electrons. The van der Waals surface area contributed by atoms with Crippen LogP contribution < -0.4 is 5.01 Å². The van der Waals surface area contributed by atoms with E-state index in [1.165, 1.54) is 54.7 Å². The van der Waals surface area contributed by atoms with Crippen LogP contribution in [0.5, 0.6) is 5.88 Å². The Morgan fingerprint density at radius 3 is 1.83 bits per heavy atom. The average molecular weight is 916 g/mol. The van der Waals surface area contributed by atoms with Gasteiger partial charge >= 0.3 is 11.9 Å². The number of aromatic carboxylic acids is 1. The van der Waals surface area contributed by atoms with Gasteiger partial charge in [-0.3, -0.25) is 13.9 Å². The number of rotatable bonds is 10. The highest BCUT2D eigenvalue weighted by atomic mass is 131. The Morgan fingerprint density at radius 1 is 0.787 bits per heavy atom. The largest absolute Gasteiger partial charge is 0.493 e. The number of aromatic nitrogens is 2. The molecule has 244 valence electrons. The van der Waals surface area contributed by atoms with E-state index < -0.39 is 65.2 Å². The summed E-state index contributed by atoms with van der Waals surface area (Å²) in [6, 6.07) is 6.70. The van der Waals surface area contributed by atoms with Gasteiger partial charge in [0.2, 0.25) is 5.88 Å². The maximum atomic E-state index is 13.0. The van der Waals surface area contributed by atoms with Gasteiger partial charge < -0.3 is 15.3 Å². The molecule has 5 N–H and O–H groups in total. The van der Waals surface area contributed by atoms with Gasteiger partial charge in [0.1, 0.15) is 0 Å². The van der Waals surface area contributed by atoms with Crippen molar-refractivity contribution in [2.24, 2.45) is 5.10 Å². The number of aromatic hydroxyl groups is 1. The first-order valence-electron chi connectivity index (χ1n) is 12.4. The second-order valence-corrected chi connectivity index (χ2v) is 14.2. The predicted octanol–water partition coefficient (Wildman–Crippen LogP) is 3.52. The van der Waals surface area contributed by atoms with Gasteiger partial charge in [0.05, 0.1) is 32.3 Å². The number of carboxylic acid groups (broad SMARTS) is 2. The van der Waals surface area contributed by atoms with Crippen LogP contribution in [0.25, 0.3) is 11.8 Å². The fourth-order valence-electron chi connectivity index (χ4n) is 3.92. The summed E-state index contributed by atoms with van der Waals surface area (Å²) in [5.41, 5.74) is -1.34. The number of hydrazone groups is 1. The van der Waals surface area contributed by atoms with Crippen molar-refractivity contribution in [1.29, 1.82) is 0 Å². The number of halogens is 2. The van der Waals surface area contributed by atoms with Crippen LogP contribution >= 0.6 is 45.2 Å². The standard InChI is InChI=1S/C27H18I2N4O12S2/c28-18-12-14(46(40,41)42)8-10-20(18)32-24(34)16(22(30-32)26(36)37)6-4-2-1-3-5-7-17-23(27(38)39)31-33(25(17)35)21-11-9-15(13-19(21)29)47(43,44)45/h1-13,34H,(H,36,37)(H,38,39)(H,40,41,42)(H,43,44,45)/b2-1+,5-3+,6-4+,17-7-/i28+4,29+4.